The van der Waals surface area contributed by atoms with Crippen LogP contribution < -0.4 is 5.32 Å². The molecule has 0 unspecified atom stereocenters. The van der Waals surface area contributed by atoms with Crippen molar-refractivity contribution in [2.45, 2.75) is 13.3 Å². The van der Waals surface area contributed by atoms with Crippen molar-refractivity contribution in [3.05, 3.63) is 41.0 Å². The Bertz CT molecular complexity index is 393. The van der Waals surface area contributed by atoms with Crippen molar-refractivity contribution in [3.8, 4) is 0 Å². The lowest BCUT2D eigenvalue weighted by atomic mass is 10.0. The van der Waals surface area contributed by atoms with Gasteiger partial charge in [0.05, 0.1) is 0 Å². The van der Waals surface area contributed by atoms with Gasteiger partial charge in [0, 0.05) is 12.1 Å². The molecule has 0 radical (unpaired) electrons. The predicted octanol–water partition coefficient (Wildman–Crippen LogP) is 2.01. The number of amides is 1. The van der Waals surface area contributed by atoms with Crippen LogP contribution in [0.25, 0.3) is 6.08 Å². The van der Waals surface area contributed by atoms with Gasteiger partial charge >= 0.3 is 0 Å². The maximum Gasteiger partial charge on any atom is 0.252 e. The Morgan fingerprint density at radius 2 is 2.29 bits per heavy atom. The average molecular weight is 187 g/mol. The SMILES string of the molecule is CCc1ccc2c(c1)C=CCNC2=O. The molecule has 0 bridgehead atoms. The van der Waals surface area contributed by atoms with Crippen LogP contribution in [0.2, 0.25) is 0 Å². The standard InChI is InChI=1S/C12H13NO/c1-2-9-5-6-11-10(8-9)4-3-7-13-12(11)14/h3-6,8H,2,7H2,1H3,(H,13,14). The fourth-order valence-corrected chi connectivity index (χ4v) is 1.61. The lowest BCUT2D eigenvalue weighted by Crippen LogP contribution is -2.22. The molecule has 1 aliphatic heterocycles. The molecule has 1 aliphatic rings. The average Bonchev–Trinajstić information content (AvgIpc) is 2.40. The Hall–Kier alpha value is -1.57. The van der Waals surface area contributed by atoms with Gasteiger partial charge in [0.2, 0.25) is 0 Å². The molecule has 72 valence electrons. The highest BCUT2D eigenvalue weighted by molar-refractivity contribution is 5.98. The molecule has 1 heterocycles. The van der Waals surface area contributed by atoms with Crippen molar-refractivity contribution >= 4 is 12.0 Å². The van der Waals surface area contributed by atoms with Crippen LogP contribution in [0, 0.1) is 0 Å². The maximum atomic E-state index is 11.6. The molecule has 0 aliphatic carbocycles. The van der Waals surface area contributed by atoms with E-state index < -0.39 is 0 Å². The predicted molar refractivity (Wildman–Crippen MR) is 57.2 cm³/mol. The monoisotopic (exact) mass is 187 g/mol. The van der Waals surface area contributed by atoms with Crippen LogP contribution in [-0.2, 0) is 6.42 Å². The molecule has 2 rings (SSSR count). The molecule has 2 heteroatoms. The van der Waals surface area contributed by atoms with Crippen molar-refractivity contribution in [1.29, 1.82) is 0 Å². The topological polar surface area (TPSA) is 29.1 Å². The van der Waals surface area contributed by atoms with Crippen molar-refractivity contribution in [1.82, 2.24) is 5.32 Å². The summed E-state index contributed by atoms with van der Waals surface area (Å²) in [5, 5.41) is 2.81. The first-order chi connectivity index (χ1) is 6.81. The van der Waals surface area contributed by atoms with Gasteiger partial charge in [-0.3, -0.25) is 4.79 Å². The van der Waals surface area contributed by atoms with Gasteiger partial charge in [-0.1, -0.05) is 31.2 Å². The molecule has 1 aromatic carbocycles. The van der Waals surface area contributed by atoms with Gasteiger partial charge in [0.15, 0.2) is 0 Å². The van der Waals surface area contributed by atoms with E-state index in [1.54, 1.807) is 0 Å². The summed E-state index contributed by atoms with van der Waals surface area (Å²) in [5.41, 5.74) is 3.07. The van der Waals surface area contributed by atoms with Crippen molar-refractivity contribution in [2.24, 2.45) is 0 Å². The molecule has 0 saturated carbocycles. The minimum Gasteiger partial charge on any atom is -0.349 e. The highest BCUT2D eigenvalue weighted by atomic mass is 16.1. The third-order valence-electron chi connectivity index (χ3n) is 2.45. The normalized spacial score (nSPS) is 14.5. The van der Waals surface area contributed by atoms with Gasteiger partial charge in [0.1, 0.15) is 0 Å². The Kier molecular flexibility index (Phi) is 2.35. The molecule has 1 amide bonds. The molecular formula is C12H13NO. The fourth-order valence-electron chi connectivity index (χ4n) is 1.61. The highest BCUT2D eigenvalue weighted by Gasteiger charge is 2.11. The number of fused-ring (bicyclic) bond motifs is 1. The summed E-state index contributed by atoms with van der Waals surface area (Å²) >= 11 is 0. The molecule has 1 aromatic rings. The number of nitrogens with one attached hydrogen (secondary N) is 1. The fraction of sp³-hybridized carbons (Fsp3) is 0.250. The van der Waals surface area contributed by atoms with Crippen LogP contribution in [0.1, 0.15) is 28.4 Å². The van der Waals surface area contributed by atoms with E-state index in [4.69, 9.17) is 0 Å². The number of aryl methyl sites for hydroxylation is 1. The first-order valence-corrected chi connectivity index (χ1v) is 4.89. The number of carbonyl (C=O) groups excluding carboxylic acids is 1. The van der Waals surface area contributed by atoms with Crippen molar-refractivity contribution in [3.63, 3.8) is 0 Å². The Morgan fingerprint density at radius 1 is 1.43 bits per heavy atom. The van der Waals surface area contributed by atoms with Gasteiger partial charge in [-0.05, 0) is 23.6 Å². The van der Waals surface area contributed by atoms with Crippen LogP contribution >= 0.6 is 0 Å². The second kappa shape index (κ2) is 3.66. The van der Waals surface area contributed by atoms with Gasteiger partial charge in [0.25, 0.3) is 5.91 Å². The molecule has 0 saturated heterocycles. The second-order valence-electron chi connectivity index (χ2n) is 3.39. The number of hydrogen-bond acceptors (Lipinski definition) is 1. The third kappa shape index (κ3) is 1.55. The zero-order valence-electron chi connectivity index (χ0n) is 8.21. The highest BCUT2D eigenvalue weighted by Crippen LogP contribution is 2.16. The first-order valence-electron chi connectivity index (χ1n) is 4.89. The summed E-state index contributed by atoms with van der Waals surface area (Å²) in [4.78, 5) is 11.6. The molecule has 0 spiro atoms. The number of carbonyl (C=O) groups is 1. The number of rotatable bonds is 1. The van der Waals surface area contributed by atoms with Gasteiger partial charge < -0.3 is 5.32 Å². The smallest absolute Gasteiger partial charge is 0.252 e. The Balaban J connectivity index is 2.51. The van der Waals surface area contributed by atoms with Gasteiger partial charge in [-0.15, -0.1) is 0 Å². The van der Waals surface area contributed by atoms with E-state index in [1.807, 2.05) is 24.3 Å². The van der Waals surface area contributed by atoms with E-state index in [1.165, 1.54) is 5.56 Å². The van der Waals surface area contributed by atoms with E-state index in [-0.39, 0.29) is 5.91 Å². The second-order valence-corrected chi connectivity index (χ2v) is 3.39. The van der Waals surface area contributed by atoms with Crippen molar-refractivity contribution in [2.75, 3.05) is 6.54 Å². The molecule has 14 heavy (non-hydrogen) atoms. The zero-order valence-corrected chi connectivity index (χ0v) is 8.21. The third-order valence-corrected chi connectivity index (χ3v) is 2.45. The van der Waals surface area contributed by atoms with E-state index in [2.05, 4.69) is 18.3 Å². The van der Waals surface area contributed by atoms with Gasteiger partial charge in [-0.2, -0.15) is 0 Å². The Morgan fingerprint density at radius 3 is 3.07 bits per heavy atom. The van der Waals surface area contributed by atoms with Crippen LogP contribution in [-0.4, -0.2) is 12.5 Å². The van der Waals surface area contributed by atoms with Crippen LogP contribution in [0.5, 0.6) is 0 Å². The van der Waals surface area contributed by atoms with E-state index in [0.29, 0.717) is 6.54 Å². The van der Waals surface area contributed by atoms with E-state index >= 15 is 0 Å². The maximum absolute atomic E-state index is 11.6. The van der Waals surface area contributed by atoms with Crippen LogP contribution in [0.3, 0.4) is 0 Å². The zero-order chi connectivity index (χ0) is 9.97. The summed E-state index contributed by atoms with van der Waals surface area (Å²) in [6, 6.07) is 5.99. The summed E-state index contributed by atoms with van der Waals surface area (Å²) in [6.45, 7) is 2.73. The first kappa shape index (κ1) is 9.00. The van der Waals surface area contributed by atoms with Gasteiger partial charge in [-0.25, -0.2) is 0 Å². The number of hydrogen-bond donors (Lipinski definition) is 1. The lowest BCUT2D eigenvalue weighted by molar-refractivity contribution is 0.0958. The summed E-state index contributed by atoms with van der Waals surface area (Å²) in [7, 11) is 0. The quantitative estimate of drug-likeness (QED) is 0.716. The minimum absolute atomic E-state index is 0.0210. The molecule has 2 nitrogen and oxygen atoms in total. The Labute approximate surface area is 83.6 Å². The lowest BCUT2D eigenvalue weighted by Gasteiger charge is -2.05. The molecule has 0 aromatic heterocycles. The minimum atomic E-state index is 0.0210. The summed E-state index contributed by atoms with van der Waals surface area (Å²) in [5.74, 6) is 0.0210. The molecule has 1 N–H and O–H groups in total. The van der Waals surface area contributed by atoms with Crippen molar-refractivity contribution < 1.29 is 4.79 Å². The molecular weight excluding hydrogens is 174 g/mol. The number of benzene rings is 1. The molecule has 0 fully saturated rings. The van der Waals surface area contributed by atoms with Crippen LogP contribution in [0.4, 0.5) is 0 Å². The largest absolute Gasteiger partial charge is 0.349 e. The summed E-state index contributed by atoms with van der Waals surface area (Å²) < 4.78 is 0. The van der Waals surface area contributed by atoms with Crippen LogP contribution in [0.15, 0.2) is 24.3 Å². The van der Waals surface area contributed by atoms with E-state index in [9.17, 15) is 4.79 Å². The molecule has 0 atom stereocenters. The summed E-state index contributed by atoms with van der Waals surface area (Å²) in [6.07, 6.45) is 4.98. The van der Waals surface area contributed by atoms with E-state index in [0.717, 1.165) is 17.5 Å².